The zero-order valence-electron chi connectivity index (χ0n) is 11.9. The molecule has 3 rings (SSSR count). The van der Waals surface area contributed by atoms with Gasteiger partial charge in [-0.25, -0.2) is 9.37 Å². The minimum atomic E-state index is -0.347. The van der Waals surface area contributed by atoms with Crippen molar-refractivity contribution in [1.82, 2.24) is 15.2 Å². The van der Waals surface area contributed by atoms with E-state index >= 15 is 0 Å². The summed E-state index contributed by atoms with van der Waals surface area (Å²) in [5.74, 6) is -0.910. The van der Waals surface area contributed by atoms with E-state index in [4.69, 9.17) is 0 Å². The van der Waals surface area contributed by atoms with Crippen LogP contribution in [0.3, 0.4) is 0 Å². The van der Waals surface area contributed by atoms with Gasteiger partial charge in [0.25, 0.3) is 0 Å². The maximum atomic E-state index is 13.3. The summed E-state index contributed by atoms with van der Waals surface area (Å²) in [7, 11) is 0. The molecule has 2 heterocycles. The van der Waals surface area contributed by atoms with E-state index in [1.807, 2.05) is 5.38 Å². The minimum absolute atomic E-state index is 0.0558. The highest BCUT2D eigenvalue weighted by atomic mass is 32.1. The molecule has 0 atom stereocenters. The molecule has 5 nitrogen and oxygen atoms in total. The Balaban J connectivity index is 1.83. The lowest BCUT2D eigenvalue weighted by molar-refractivity contribution is 0.104. The predicted molar refractivity (Wildman–Crippen MR) is 84.8 cm³/mol. The number of hydrogen-bond donors (Lipinski definition) is 2. The summed E-state index contributed by atoms with van der Waals surface area (Å²) in [4.78, 5) is 16.1. The van der Waals surface area contributed by atoms with Crippen LogP contribution in [0.5, 0.6) is 0 Å². The van der Waals surface area contributed by atoms with Crippen LogP contribution in [0.4, 0.5) is 4.39 Å². The summed E-state index contributed by atoms with van der Waals surface area (Å²) in [6.07, 6.45) is 2.84. The van der Waals surface area contributed by atoms with E-state index in [0.29, 0.717) is 12.0 Å². The molecule has 3 aromatic rings. The molecule has 0 spiro atoms. The number of allylic oxidation sites excluding steroid dienone is 1. The third-order valence-electron chi connectivity index (χ3n) is 3.20. The number of carbonyl (C=O) groups is 1. The van der Waals surface area contributed by atoms with Crippen LogP contribution in [0.2, 0.25) is 0 Å². The lowest BCUT2D eigenvalue weighted by Gasteiger charge is -2.03. The van der Waals surface area contributed by atoms with Crippen LogP contribution in [0.15, 0.2) is 47.4 Å². The maximum Gasteiger partial charge on any atom is 0.215 e. The number of halogens is 1. The molecule has 0 radical (unpaired) electrons. The quantitative estimate of drug-likeness (QED) is 0.427. The van der Waals surface area contributed by atoms with Crippen LogP contribution in [-0.4, -0.2) is 26.1 Å². The number of aromatic amines is 1. The van der Waals surface area contributed by atoms with E-state index in [2.05, 4.69) is 15.2 Å². The molecule has 0 aliphatic carbocycles. The highest BCUT2D eigenvalue weighted by Gasteiger charge is 2.14. The van der Waals surface area contributed by atoms with Crippen LogP contribution < -0.4 is 0 Å². The van der Waals surface area contributed by atoms with Gasteiger partial charge in [0.15, 0.2) is 11.5 Å². The van der Waals surface area contributed by atoms with Crippen LogP contribution in [0, 0.1) is 5.82 Å². The summed E-state index contributed by atoms with van der Waals surface area (Å²) in [6, 6.07) is 6.25. The highest BCUT2D eigenvalue weighted by Crippen LogP contribution is 2.21. The summed E-state index contributed by atoms with van der Waals surface area (Å²) >= 11 is 1.38. The fourth-order valence-corrected chi connectivity index (χ4v) is 2.99. The Morgan fingerprint density at radius 1 is 1.39 bits per heavy atom. The van der Waals surface area contributed by atoms with Crippen LogP contribution in [0.25, 0.3) is 5.76 Å². The van der Waals surface area contributed by atoms with E-state index in [1.165, 1.54) is 29.8 Å². The number of hydrogen-bond acceptors (Lipinski definition) is 5. The summed E-state index contributed by atoms with van der Waals surface area (Å²) in [5, 5.41) is 19.6. The number of aromatic nitrogens is 3. The van der Waals surface area contributed by atoms with Gasteiger partial charge in [0.1, 0.15) is 12.1 Å². The largest absolute Gasteiger partial charge is 0.504 e. The summed E-state index contributed by atoms with van der Waals surface area (Å²) < 4.78 is 13.3. The van der Waals surface area contributed by atoms with Crippen molar-refractivity contribution in [2.45, 2.75) is 6.42 Å². The molecule has 23 heavy (non-hydrogen) atoms. The van der Waals surface area contributed by atoms with E-state index in [-0.39, 0.29) is 23.2 Å². The zero-order valence-corrected chi connectivity index (χ0v) is 12.7. The van der Waals surface area contributed by atoms with Crippen LogP contribution in [-0.2, 0) is 6.42 Å². The molecule has 0 fully saturated rings. The lowest BCUT2D eigenvalue weighted by atomic mass is 10.0. The van der Waals surface area contributed by atoms with Crippen LogP contribution in [0.1, 0.15) is 27.3 Å². The number of nitrogens with zero attached hydrogens (tertiary/aromatic N) is 2. The fraction of sp³-hybridized carbons (Fsp3) is 0.0625. The number of aliphatic hydroxyl groups is 1. The van der Waals surface area contributed by atoms with Gasteiger partial charge in [-0.3, -0.25) is 9.89 Å². The van der Waals surface area contributed by atoms with Gasteiger partial charge in [-0.05, 0) is 35.1 Å². The number of rotatable bonds is 5. The van der Waals surface area contributed by atoms with Crippen LogP contribution >= 0.6 is 11.3 Å². The molecule has 0 aliphatic rings. The first-order valence-electron chi connectivity index (χ1n) is 6.74. The number of H-pyrrole nitrogens is 1. The van der Waals surface area contributed by atoms with Gasteiger partial charge in [-0.15, -0.1) is 0 Å². The SMILES string of the molecule is O=C(C=C(O)c1nc[nH]n1)c1cscc1Cc1cccc(F)c1. The Morgan fingerprint density at radius 2 is 2.26 bits per heavy atom. The Kier molecular flexibility index (Phi) is 4.29. The molecular formula is C16H12FN3O2S. The Hall–Kier alpha value is -2.80. The minimum Gasteiger partial charge on any atom is -0.504 e. The monoisotopic (exact) mass is 329 g/mol. The van der Waals surface area contributed by atoms with Gasteiger partial charge >= 0.3 is 0 Å². The molecule has 0 unspecified atom stereocenters. The summed E-state index contributed by atoms with van der Waals surface area (Å²) in [6.45, 7) is 0. The Labute approximate surface area is 135 Å². The van der Waals surface area contributed by atoms with E-state index < -0.39 is 0 Å². The Bertz CT molecular complexity index is 856. The topological polar surface area (TPSA) is 78.9 Å². The van der Waals surface area contributed by atoms with Crippen molar-refractivity contribution >= 4 is 22.9 Å². The second-order valence-corrected chi connectivity index (χ2v) is 5.58. The molecule has 0 bridgehead atoms. The molecule has 116 valence electrons. The number of aliphatic hydroxyl groups excluding tert-OH is 1. The molecule has 2 aromatic heterocycles. The van der Waals surface area contributed by atoms with E-state index in [0.717, 1.165) is 17.2 Å². The third kappa shape index (κ3) is 3.51. The van der Waals surface area contributed by atoms with Crippen molar-refractivity contribution in [3.63, 3.8) is 0 Å². The Morgan fingerprint density at radius 3 is 3.00 bits per heavy atom. The molecular weight excluding hydrogens is 317 g/mol. The highest BCUT2D eigenvalue weighted by molar-refractivity contribution is 7.08. The van der Waals surface area contributed by atoms with E-state index in [1.54, 1.807) is 17.5 Å². The van der Waals surface area contributed by atoms with Crippen molar-refractivity contribution in [2.75, 3.05) is 0 Å². The van der Waals surface area contributed by atoms with Gasteiger partial charge in [-0.2, -0.15) is 16.4 Å². The standard InChI is InChI=1S/C16H12FN3O2S/c17-12-3-1-2-10(5-12)4-11-7-23-8-13(11)14(21)6-15(22)16-18-9-19-20-16/h1-3,5-9,22H,4H2,(H,18,19,20). The number of carbonyl (C=O) groups excluding carboxylic acids is 1. The predicted octanol–water partition coefficient (Wildman–Crippen LogP) is 3.38. The van der Waals surface area contributed by atoms with Crippen molar-refractivity contribution in [1.29, 1.82) is 0 Å². The second kappa shape index (κ2) is 6.53. The molecule has 0 saturated carbocycles. The van der Waals surface area contributed by atoms with Crippen molar-refractivity contribution < 1.29 is 14.3 Å². The first-order chi connectivity index (χ1) is 11.1. The fourth-order valence-electron chi connectivity index (χ4n) is 2.14. The maximum absolute atomic E-state index is 13.3. The number of benzene rings is 1. The first-order valence-corrected chi connectivity index (χ1v) is 7.68. The van der Waals surface area contributed by atoms with Gasteiger partial charge in [0.05, 0.1) is 0 Å². The number of thiophene rings is 1. The smallest absolute Gasteiger partial charge is 0.215 e. The van der Waals surface area contributed by atoms with Gasteiger partial charge in [0.2, 0.25) is 5.82 Å². The first kappa shape index (κ1) is 15.1. The molecule has 7 heteroatoms. The van der Waals surface area contributed by atoms with Crippen molar-refractivity contribution in [3.8, 4) is 0 Å². The van der Waals surface area contributed by atoms with Gasteiger partial charge in [-0.1, -0.05) is 12.1 Å². The number of ketones is 1. The second-order valence-electron chi connectivity index (χ2n) is 4.83. The average Bonchev–Trinajstić information content (AvgIpc) is 3.18. The lowest BCUT2D eigenvalue weighted by Crippen LogP contribution is -2.00. The molecule has 0 saturated heterocycles. The molecule has 2 N–H and O–H groups in total. The molecule has 1 aromatic carbocycles. The van der Waals surface area contributed by atoms with Crippen molar-refractivity contribution in [3.05, 3.63) is 75.8 Å². The normalized spacial score (nSPS) is 11.6. The van der Waals surface area contributed by atoms with Crippen molar-refractivity contribution in [2.24, 2.45) is 0 Å². The molecule has 0 aliphatic heterocycles. The third-order valence-corrected chi connectivity index (χ3v) is 4.00. The van der Waals surface area contributed by atoms with E-state index in [9.17, 15) is 14.3 Å². The zero-order chi connectivity index (χ0) is 16.2. The summed E-state index contributed by atoms with van der Waals surface area (Å²) in [5.41, 5.74) is 2.03. The average molecular weight is 329 g/mol. The number of nitrogens with one attached hydrogen (secondary N) is 1. The van der Waals surface area contributed by atoms with Gasteiger partial charge < -0.3 is 5.11 Å². The molecule has 0 amide bonds. The van der Waals surface area contributed by atoms with Gasteiger partial charge in [0, 0.05) is 17.0 Å².